The van der Waals surface area contributed by atoms with Crippen molar-refractivity contribution in [3.63, 3.8) is 0 Å². The van der Waals surface area contributed by atoms with Crippen molar-refractivity contribution in [3.8, 4) is 11.4 Å². The number of nitrogens with zero attached hydrogens (tertiary/aromatic N) is 4. The largest absolute Gasteiger partial charge is 0.448 e. The zero-order chi connectivity index (χ0) is 18.5. The minimum Gasteiger partial charge on any atom is -0.448 e. The van der Waals surface area contributed by atoms with Crippen LogP contribution in [0.4, 0.5) is 0 Å². The summed E-state index contributed by atoms with van der Waals surface area (Å²) in [4.78, 5) is 24.7. The first-order valence-corrected chi connectivity index (χ1v) is 8.54. The van der Waals surface area contributed by atoms with Crippen LogP contribution in [0.15, 0.2) is 47.8 Å². The van der Waals surface area contributed by atoms with Crippen LogP contribution in [0.25, 0.3) is 23.2 Å². The van der Waals surface area contributed by atoms with E-state index in [-0.39, 0.29) is 5.70 Å². The number of benzene rings is 1. The van der Waals surface area contributed by atoms with Crippen LogP contribution in [0, 0.1) is 0 Å². The lowest BCUT2D eigenvalue weighted by molar-refractivity contribution is -0.148. The van der Waals surface area contributed by atoms with Crippen LogP contribution in [0.3, 0.4) is 0 Å². The monoisotopic (exact) mass is 369 g/mol. The second-order valence-corrected chi connectivity index (χ2v) is 6.25. The molecule has 132 valence electrons. The van der Waals surface area contributed by atoms with Crippen molar-refractivity contribution in [2.24, 2.45) is 5.73 Å². The molecule has 1 aromatic carbocycles. The molecule has 2 aromatic heterocycles. The highest BCUT2D eigenvalue weighted by Crippen LogP contribution is 2.22. The number of rotatable bonds is 6. The summed E-state index contributed by atoms with van der Waals surface area (Å²) in [6.45, 7) is 1.40. The van der Waals surface area contributed by atoms with Crippen LogP contribution in [0.2, 0.25) is 0 Å². The molecule has 0 aliphatic carbocycles. The van der Waals surface area contributed by atoms with E-state index in [0.717, 1.165) is 10.4 Å². The summed E-state index contributed by atoms with van der Waals surface area (Å²) in [7, 11) is 0. The van der Waals surface area contributed by atoms with Crippen LogP contribution in [-0.4, -0.2) is 38.2 Å². The van der Waals surface area contributed by atoms with Crippen molar-refractivity contribution in [2.45, 2.75) is 13.0 Å². The number of carbonyl (C=O) groups excluding carboxylic acids is 2. The first-order chi connectivity index (χ1) is 12.6. The number of primary amides is 1. The van der Waals surface area contributed by atoms with E-state index in [0.29, 0.717) is 5.82 Å². The number of carbonyl (C=O) groups is 2. The predicted molar refractivity (Wildman–Crippen MR) is 96.5 cm³/mol. The average Bonchev–Trinajstić information content (AvgIpc) is 3.31. The average molecular weight is 369 g/mol. The molecular weight excluding hydrogens is 354 g/mol. The maximum absolute atomic E-state index is 12.7. The first-order valence-electron chi connectivity index (χ1n) is 7.66. The van der Waals surface area contributed by atoms with Crippen molar-refractivity contribution in [2.75, 3.05) is 0 Å². The van der Waals surface area contributed by atoms with Crippen molar-refractivity contribution >= 4 is 35.0 Å². The van der Waals surface area contributed by atoms with Gasteiger partial charge in [-0.15, -0.1) is 16.4 Å². The van der Waals surface area contributed by atoms with Gasteiger partial charge in [0.15, 0.2) is 17.6 Å². The van der Waals surface area contributed by atoms with E-state index in [1.807, 2.05) is 47.8 Å². The van der Waals surface area contributed by atoms with Gasteiger partial charge in [0.1, 0.15) is 0 Å². The van der Waals surface area contributed by atoms with Crippen molar-refractivity contribution in [1.82, 2.24) is 20.2 Å². The van der Waals surface area contributed by atoms with Crippen molar-refractivity contribution in [1.29, 1.82) is 0 Å². The molecule has 3 rings (SSSR count). The van der Waals surface area contributed by atoms with Crippen LogP contribution in [0.5, 0.6) is 0 Å². The number of nitrogens with two attached hydrogens (primary N) is 1. The van der Waals surface area contributed by atoms with Gasteiger partial charge >= 0.3 is 5.97 Å². The normalized spacial score (nSPS) is 12.6. The Morgan fingerprint density at radius 3 is 2.65 bits per heavy atom. The van der Waals surface area contributed by atoms with E-state index in [9.17, 15) is 9.59 Å². The summed E-state index contributed by atoms with van der Waals surface area (Å²) in [6, 6.07) is 12.9. The van der Waals surface area contributed by atoms with Crippen molar-refractivity contribution < 1.29 is 14.3 Å². The molecule has 3 aromatic rings. The van der Waals surface area contributed by atoms with E-state index in [4.69, 9.17) is 10.5 Å². The summed E-state index contributed by atoms with van der Waals surface area (Å²) >= 11 is 1.44. The van der Waals surface area contributed by atoms with E-state index in [1.54, 1.807) is 6.08 Å². The third kappa shape index (κ3) is 3.83. The Morgan fingerprint density at radius 2 is 2.00 bits per heavy atom. The molecule has 0 unspecified atom stereocenters. The van der Waals surface area contributed by atoms with Gasteiger partial charge in [-0.2, -0.15) is 4.68 Å². The van der Waals surface area contributed by atoms with E-state index >= 15 is 0 Å². The molecule has 0 aliphatic rings. The third-order valence-electron chi connectivity index (χ3n) is 3.45. The Balaban J connectivity index is 2.04. The number of hydrogen-bond donors (Lipinski definition) is 1. The Kier molecular flexibility index (Phi) is 5.18. The van der Waals surface area contributed by atoms with Gasteiger partial charge in [-0.3, -0.25) is 4.79 Å². The number of amides is 1. The molecule has 0 saturated carbocycles. The van der Waals surface area contributed by atoms with Crippen LogP contribution >= 0.6 is 11.3 Å². The second kappa shape index (κ2) is 7.70. The topological polar surface area (TPSA) is 113 Å². The molecule has 2 heterocycles. The lowest BCUT2D eigenvalue weighted by Gasteiger charge is -2.12. The quantitative estimate of drug-likeness (QED) is 0.524. The molecule has 9 heteroatoms. The second-order valence-electron chi connectivity index (χ2n) is 5.28. The molecule has 0 saturated heterocycles. The van der Waals surface area contributed by atoms with Crippen molar-refractivity contribution in [3.05, 3.63) is 52.7 Å². The van der Waals surface area contributed by atoms with Gasteiger partial charge in [-0.25, -0.2) is 4.79 Å². The van der Waals surface area contributed by atoms with Crippen LogP contribution < -0.4 is 5.73 Å². The summed E-state index contributed by atoms with van der Waals surface area (Å²) < 4.78 is 6.43. The maximum Gasteiger partial charge on any atom is 0.357 e. The lowest BCUT2D eigenvalue weighted by atomic mass is 10.2. The molecule has 0 radical (unpaired) electrons. The summed E-state index contributed by atoms with van der Waals surface area (Å²) in [5.74, 6) is -1.12. The molecule has 0 fully saturated rings. The molecule has 1 atom stereocenters. The fourth-order valence-corrected chi connectivity index (χ4v) is 2.76. The number of esters is 1. The molecular formula is C17H15N5O3S. The van der Waals surface area contributed by atoms with Gasteiger partial charge in [0.2, 0.25) is 0 Å². The third-order valence-corrected chi connectivity index (χ3v) is 4.26. The molecule has 0 spiro atoms. The van der Waals surface area contributed by atoms with E-state index < -0.39 is 18.0 Å². The van der Waals surface area contributed by atoms with Crippen LogP contribution in [0.1, 0.15) is 11.8 Å². The standard InChI is InChI=1S/C17H15N5O3S/c1-11(15(18)23)25-17(24)14(10-13-8-5-9-26-13)22-16(19-20-21-22)12-6-3-2-4-7-12/h2-11H,1H3,(H2,18,23)/b14-10-/t11-/m1/s1. The molecule has 0 bridgehead atoms. The lowest BCUT2D eigenvalue weighted by Crippen LogP contribution is -2.31. The molecule has 26 heavy (non-hydrogen) atoms. The highest BCUT2D eigenvalue weighted by atomic mass is 32.1. The van der Waals surface area contributed by atoms with E-state index in [2.05, 4.69) is 15.5 Å². The van der Waals surface area contributed by atoms with Gasteiger partial charge in [0.05, 0.1) is 0 Å². The van der Waals surface area contributed by atoms with Gasteiger partial charge in [-0.1, -0.05) is 36.4 Å². The summed E-state index contributed by atoms with van der Waals surface area (Å²) in [5.41, 5.74) is 5.98. The fourth-order valence-electron chi connectivity index (χ4n) is 2.11. The predicted octanol–water partition coefficient (Wildman–Crippen LogP) is 1.82. The molecule has 2 N–H and O–H groups in total. The number of thiophene rings is 1. The smallest absolute Gasteiger partial charge is 0.357 e. The highest BCUT2D eigenvalue weighted by molar-refractivity contribution is 7.10. The minimum absolute atomic E-state index is 0.0735. The summed E-state index contributed by atoms with van der Waals surface area (Å²) in [6.07, 6.45) is 0.523. The summed E-state index contributed by atoms with van der Waals surface area (Å²) in [5, 5.41) is 13.5. The van der Waals surface area contributed by atoms with Gasteiger partial charge in [-0.05, 0) is 34.9 Å². The zero-order valence-corrected chi connectivity index (χ0v) is 14.6. The Bertz CT molecular complexity index is 934. The molecule has 0 aliphatic heterocycles. The van der Waals surface area contributed by atoms with E-state index in [1.165, 1.54) is 22.9 Å². The zero-order valence-electron chi connectivity index (χ0n) is 13.8. The van der Waals surface area contributed by atoms with Gasteiger partial charge < -0.3 is 10.5 Å². The molecule has 1 amide bonds. The first kappa shape index (κ1) is 17.5. The highest BCUT2D eigenvalue weighted by Gasteiger charge is 2.24. The fraction of sp³-hybridized carbons (Fsp3) is 0.118. The van der Waals surface area contributed by atoms with Crippen LogP contribution in [-0.2, 0) is 14.3 Å². The SMILES string of the molecule is C[C@@H](OC(=O)/C(=C/c1cccs1)n1nnnc1-c1ccccc1)C(N)=O. The number of ether oxygens (including phenoxy) is 1. The maximum atomic E-state index is 12.7. The number of hydrogen-bond acceptors (Lipinski definition) is 7. The van der Waals surface area contributed by atoms with Gasteiger partial charge in [0, 0.05) is 10.4 Å². The van der Waals surface area contributed by atoms with Gasteiger partial charge in [0.25, 0.3) is 5.91 Å². The molecule has 8 nitrogen and oxygen atoms in total. The Labute approximate surface area is 152 Å². The Morgan fingerprint density at radius 1 is 1.23 bits per heavy atom. The minimum atomic E-state index is -1.08. The number of aromatic nitrogens is 4. The Hall–Kier alpha value is -3.33. The number of tetrazole rings is 1.